The third-order valence-electron chi connectivity index (χ3n) is 1.54. The van der Waals surface area contributed by atoms with Crippen LogP contribution in [0.2, 0.25) is 0 Å². The van der Waals surface area contributed by atoms with Gasteiger partial charge in [0.05, 0.1) is 0 Å². The monoisotopic (exact) mass is 186 g/mol. The number of hydrogen-bond donors (Lipinski definition) is 3. The minimum absolute atomic E-state index is 0.0937. The van der Waals surface area contributed by atoms with Crippen molar-refractivity contribution in [1.82, 2.24) is 10.2 Å². The predicted octanol–water partition coefficient (Wildman–Crippen LogP) is 0.711. The molecular weight excluding hydrogens is 168 g/mol. The molecule has 0 aliphatic heterocycles. The molecule has 5 nitrogen and oxygen atoms in total. The minimum Gasteiger partial charge on any atom is -0.351 e. The average Bonchev–Trinajstić information content (AvgIpc) is 2.02. The molecule has 0 bridgehead atoms. The lowest BCUT2D eigenvalue weighted by atomic mass is 10.4. The summed E-state index contributed by atoms with van der Waals surface area (Å²) in [6.07, 6.45) is 1.89. The first kappa shape index (κ1) is 11.7. The lowest BCUT2D eigenvalue weighted by Gasteiger charge is -2.23. The summed E-state index contributed by atoms with van der Waals surface area (Å²) in [5, 5.41) is 9.76. The number of rotatable bonds is 4. The molecule has 0 saturated carbocycles. The third kappa shape index (κ3) is 5.05. The summed E-state index contributed by atoms with van der Waals surface area (Å²) >= 11 is 0. The van der Waals surface area contributed by atoms with Crippen molar-refractivity contribution < 1.29 is 4.79 Å². The van der Waals surface area contributed by atoms with Crippen molar-refractivity contribution >= 4 is 12.0 Å². The molecule has 0 aromatic rings. The maximum absolute atomic E-state index is 10.5. The highest BCUT2D eigenvalue weighted by Gasteiger charge is 2.08. The Morgan fingerprint density at radius 2 is 1.85 bits per heavy atom. The molecule has 0 aliphatic carbocycles. The zero-order chi connectivity index (χ0) is 10.3. The third-order valence-corrected chi connectivity index (χ3v) is 1.54. The molecule has 0 aromatic heterocycles. The first-order valence-corrected chi connectivity index (χ1v) is 4.51. The van der Waals surface area contributed by atoms with E-state index < -0.39 is 6.03 Å². The van der Waals surface area contributed by atoms with Crippen LogP contribution in [0.15, 0.2) is 0 Å². The maximum Gasteiger partial charge on any atom is 0.318 e. The molecule has 0 aromatic carbocycles. The van der Waals surface area contributed by atoms with Gasteiger partial charge >= 0.3 is 6.03 Å². The Bertz CT molecular complexity index is 175. The molecule has 76 valence electrons. The molecule has 0 unspecified atom stereocenters. The van der Waals surface area contributed by atoms with E-state index in [1.54, 1.807) is 4.90 Å². The summed E-state index contributed by atoms with van der Waals surface area (Å²) in [7, 11) is 0. The highest BCUT2D eigenvalue weighted by molar-refractivity contribution is 5.93. The van der Waals surface area contributed by atoms with E-state index in [2.05, 4.69) is 5.32 Å². The first-order valence-electron chi connectivity index (χ1n) is 4.51. The second-order valence-electron chi connectivity index (χ2n) is 2.82. The lowest BCUT2D eigenvalue weighted by molar-refractivity contribution is 0.251. The first-order chi connectivity index (χ1) is 6.11. The van der Waals surface area contributed by atoms with E-state index in [0.29, 0.717) is 0 Å². The van der Waals surface area contributed by atoms with Crippen molar-refractivity contribution in [3.8, 4) is 0 Å². The van der Waals surface area contributed by atoms with Gasteiger partial charge in [-0.25, -0.2) is 4.79 Å². The SMILES string of the molecule is CCCN(CCC)C(=N)NC(N)=O. The summed E-state index contributed by atoms with van der Waals surface area (Å²) in [4.78, 5) is 12.3. The van der Waals surface area contributed by atoms with Gasteiger partial charge in [0.25, 0.3) is 0 Å². The van der Waals surface area contributed by atoms with Crippen LogP contribution in [-0.2, 0) is 0 Å². The van der Waals surface area contributed by atoms with Crippen LogP contribution in [0.4, 0.5) is 4.79 Å². The van der Waals surface area contributed by atoms with Gasteiger partial charge in [-0.2, -0.15) is 0 Å². The summed E-state index contributed by atoms with van der Waals surface area (Å²) in [5.41, 5.74) is 4.91. The van der Waals surface area contributed by atoms with Crippen LogP contribution in [0.25, 0.3) is 0 Å². The molecule has 0 radical (unpaired) electrons. The van der Waals surface area contributed by atoms with Gasteiger partial charge in [0.2, 0.25) is 0 Å². The number of nitrogens with zero attached hydrogens (tertiary/aromatic N) is 1. The van der Waals surface area contributed by atoms with E-state index in [0.717, 1.165) is 25.9 Å². The fourth-order valence-corrected chi connectivity index (χ4v) is 1.07. The van der Waals surface area contributed by atoms with Gasteiger partial charge in [0.1, 0.15) is 0 Å². The van der Waals surface area contributed by atoms with Crippen LogP contribution in [0.3, 0.4) is 0 Å². The van der Waals surface area contributed by atoms with Gasteiger partial charge < -0.3 is 10.6 Å². The lowest BCUT2D eigenvalue weighted by Crippen LogP contribution is -2.46. The van der Waals surface area contributed by atoms with Crippen molar-refractivity contribution in [3.63, 3.8) is 0 Å². The Morgan fingerprint density at radius 1 is 1.38 bits per heavy atom. The highest BCUT2D eigenvalue weighted by Crippen LogP contribution is 1.93. The van der Waals surface area contributed by atoms with E-state index in [9.17, 15) is 4.79 Å². The van der Waals surface area contributed by atoms with Crippen LogP contribution in [0, 0.1) is 5.41 Å². The minimum atomic E-state index is -0.679. The van der Waals surface area contributed by atoms with Gasteiger partial charge in [0.15, 0.2) is 5.96 Å². The van der Waals surface area contributed by atoms with Crippen molar-refractivity contribution in [2.75, 3.05) is 13.1 Å². The molecule has 13 heavy (non-hydrogen) atoms. The van der Waals surface area contributed by atoms with Crippen molar-refractivity contribution in [1.29, 1.82) is 5.41 Å². The molecule has 2 amide bonds. The zero-order valence-corrected chi connectivity index (χ0v) is 8.26. The van der Waals surface area contributed by atoms with Crippen LogP contribution >= 0.6 is 0 Å². The average molecular weight is 186 g/mol. The Morgan fingerprint density at radius 3 is 2.15 bits per heavy atom. The molecule has 0 heterocycles. The molecule has 0 atom stereocenters. The Hall–Kier alpha value is -1.26. The van der Waals surface area contributed by atoms with Gasteiger partial charge in [-0.1, -0.05) is 13.8 Å². The number of carbonyl (C=O) groups excluding carboxylic acids is 1. The molecular formula is C8H18N4O. The topological polar surface area (TPSA) is 82.2 Å². The van der Waals surface area contributed by atoms with Crippen LogP contribution in [0.5, 0.6) is 0 Å². The van der Waals surface area contributed by atoms with E-state index in [-0.39, 0.29) is 5.96 Å². The fraction of sp³-hybridized carbons (Fsp3) is 0.750. The number of primary amides is 1. The Kier molecular flexibility index (Phi) is 5.67. The van der Waals surface area contributed by atoms with E-state index in [1.807, 2.05) is 13.8 Å². The number of hydrogen-bond acceptors (Lipinski definition) is 2. The summed E-state index contributed by atoms with van der Waals surface area (Å²) < 4.78 is 0. The van der Waals surface area contributed by atoms with E-state index in [1.165, 1.54) is 0 Å². The number of nitrogens with one attached hydrogen (secondary N) is 2. The van der Waals surface area contributed by atoms with E-state index >= 15 is 0 Å². The number of guanidine groups is 1. The second kappa shape index (κ2) is 6.28. The summed E-state index contributed by atoms with van der Waals surface area (Å²) in [6, 6.07) is -0.679. The van der Waals surface area contributed by atoms with Gasteiger partial charge in [-0.3, -0.25) is 10.7 Å². The van der Waals surface area contributed by atoms with E-state index in [4.69, 9.17) is 11.1 Å². The molecule has 0 aliphatic rings. The number of amides is 2. The molecule has 0 saturated heterocycles. The van der Waals surface area contributed by atoms with Gasteiger partial charge in [0, 0.05) is 13.1 Å². The quantitative estimate of drug-likeness (QED) is 0.446. The summed E-state index contributed by atoms with van der Waals surface area (Å²) in [5.74, 6) is 0.0937. The highest BCUT2D eigenvalue weighted by atomic mass is 16.2. The van der Waals surface area contributed by atoms with Crippen molar-refractivity contribution in [3.05, 3.63) is 0 Å². The van der Waals surface area contributed by atoms with Crippen molar-refractivity contribution in [2.24, 2.45) is 5.73 Å². The van der Waals surface area contributed by atoms with Crippen LogP contribution < -0.4 is 11.1 Å². The number of carbonyl (C=O) groups is 1. The summed E-state index contributed by atoms with van der Waals surface area (Å²) in [6.45, 7) is 5.60. The molecule has 5 heteroatoms. The number of nitrogens with two attached hydrogens (primary N) is 1. The number of urea groups is 1. The smallest absolute Gasteiger partial charge is 0.318 e. The standard InChI is InChI=1S/C8H18N4O/c1-3-5-12(6-4-2)7(9)11-8(10)13/h3-6H2,1-2H3,(H4,9,10,11,13). The molecule has 0 rings (SSSR count). The molecule has 0 fully saturated rings. The predicted molar refractivity (Wildman–Crippen MR) is 52.6 cm³/mol. The fourth-order valence-electron chi connectivity index (χ4n) is 1.07. The Balaban J connectivity index is 4.02. The second-order valence-corrected chi connectivity index (χ2v) is 2.82. The Labute approximate surface area is 78.8 Å². The molecule has 4 N–H and O–H groups in total. The van der Waals surface area contributed by atoms with Gasteiger partial charge in [-0.05, 0) is 12.8 Å². The normalized spacial score (nSPS) is 9.38. The largest absolute Gasteiger partial charge is 0.351 e. The van der Waals surface area contributed by atoms with Gasteiger partial charge in [-0.15, -0.1) is 0 Å². The maximum atomic E-state index is 10.5. The van der Waals surface area contributed by atoms with Crippen LogP contribution in [0.1, 0.15) is 26.7 Å². The molecule has 0 spiro atoms. The zero-order valence-electron chi connectivity index (χ0n) is 8.26. The van der Waals surface area contributed by atoms with Crippen LogP contribution in [-0.4, -0.2) is 30.0 Å². The van der Waals surface area contributed by atoms with Crippen molar-refractivity contribution in [2.45, 2.75) is 26.7 Å².